The first-order valence-corrected chi connectivity index (χ1v) is 10.2. The topological polar surface area (TPSA) is 125 Å². The second kappa shape index (κ2) is 7.33. The Morgan fingerprint density at radius 2 is 1.84 bits per heavy atom. The van der Waals surface area contributed by atoms with E-state index in [1.54, 1.807) is 47.8 Å². The molecule has 0 saturated carbocycles. The predicted molar refractivity (Wildman–Crippen MR) is 113 cm³/mol. The van der Waals surface area contributed by atoms with Crippen LogP contribution in [-0.2, 0) is 4.79 Å². The molecule has 10 heteroatoms. The summed E-state index contributed by atoms with van der Waals surface area (Å²) in [6, 6.07) is 11.8. The number of nitrogens with zero attached hydrogens (tertiary/aromatic N) is 2. The van der Waals surface area contributed by atoms with Crippen LogP contribution in [0.15, 0.2) is 57.1 Å². The standard InChI is InChI=1S/C21H14N4O5S/c26-17(7-8-25-18(27)12-3-1-2-4-13(12)19(25)28)24-20-22-15(10-31-20)11-5-6-14-16(9-11)30-21(29)23-14/h1-6,9-10H,7-8H2,(H,23,29)(H,22,24,26). The van der Waals surface area contributed by atoms with Crippen molar-refractivity contribution in [2.75, 3.05) is 11.9 Å². The van der Waals surface area contributed by atoms with Crippen molar-refractivity contribution >= 4 is 45.3 Å². The lowest BCUT2D eigenvalue weighted by molar-refractivity contribution is -0.116. The number of anilines is 1. The number of thiazole rings is 1. The minimum absolute atomic E-state index is 0.0143. The molecule has 4 aromatic rings. The molecule has 0 radical (unpaired) electrons. The van der Waals surface area contributed by atoms with Gasteiger partial charge in [0.15, 0.2) is 10.7 Å². The van der Waals surface area contributed by atoms with Crippen LogP contribution in [0.3, 0.4) is 0 Å². The highest BCUT2D eigenvalue weighted by molar-refractivity contribution is 7.14. The van der Waals surface area contributed by atoms with E-state index in [-0.39, 0.29) is 18.9 Å². The summed E-state index contributed by atoms with van der Waals surface area (Å²) in [6.07, 6.45) is -0.0408. The van der Waals surface area contributed by atoms with Crippen LogP contribution in [0.4, 0.5) is 5.13 Å². The smallest absolute Gasteiger partial charge is 0.408 e. The lowest BCUT2D eigenvalue weighted by Gasteiger charge is -2.12. The van der Waals surface area contributed by atoms with E-state index in [0.717, 1.165) is 10.5 Å². The molecular formula is C21H14N4O5S. The number of aromatic amines is 1. The van der Waals surface area contributed by atoms with Gasteiger partial charge in [-0.3, -0.25) is 24.3 Å². The van der Waals surface area contributed by atoms with Crippen molar-refractivity contribution in [2.45, 2.75) is 6.42 Å². The Hall–Kier alpha value is -4.05. The zero-order chi connectivity index (χ0) is 21.5. The lowest BCUT2D eigenvalue weighted by Crippen LogP contribution is -2.32. The van der Waals surface area contributed by atoms with Crippen molar-refractivity contribution in [3.8, 4) is 11.3 Å². The van der Waals surface area contributed by atoms with Gasteiger partial charge in [0.25, 0.3) is 11.8 Å². The van der Waals surface area contributed by atoms with Gasteiger partial charge in [-0.1, -0.05) is 18.2 Å². The van der Waals surface area contributed by atoms with Crippen molar-refractivity contribution in [1.82, 2.24) is 14.9 Å². The Labute approximate surface area is 178 Å². The molecule has 0 saturated heterocycles. The van der Waals surface area contributed by atoms with E-state index in [9.17, 15) is 19.2 Å². The molecule has 1 aliphatic heterocycles. The first-order chi connectivity index (χ1) is 15.0. The van der Waals surface area contributed by atoms with Crippen LogP contribution in [0.2, 0.25) is 0 Å². The van der Waals surface area contributed by atoms with Crippen molar-refractivity contribution in [2.24, 2.45) is 0 Å². The number of rotatable bonds is 5. The zero-order valence-corrected chi connectivity index (χ0v) is 16.7. The monoisotopic (exact) mass is 434 g/mol. The summed E-state index contributed by atoms with van der Waals surface area (Å²) in [5.74, 6) is -1.67. The summed E-state index contributed by atoms with van der Waals surface area (Å²) in [6.45, 7) is -0.0143. The van der Waals surface area contributed by atoms with Gasteiger partial charge >= 0.3 is 5.76 Å². The van der Waals surface area contributed by atoms with Crippen molar-refractivity contribution in [1.29, 1.82) is 0 Å². The van der Waals surface area contributed by atoms with Crippen molar-refractivity contribution in [3.63, 3.8) is 0 Å². The van der Waals surface area contributed by atoms with Gasteiger partial charge in [0.2, 0.25) is 5.91 Å². The Bertz CT molecular complexity index is 1380. The van der Waals surface area contributed by atoms with Crippen molar-refractivity contribution < 1.29 is 18.8 Å². The highest BCUT2D eigenvalue weighted by Gasteiger charge is 2.34. The summed E-state index contributed by atoms with van der Waals surface area (Å²) in [5.41, 5.74) is 3.07. The Kier molecular flexibility index (Phi) is 4.48. The molecule has 0 fully saturated rings. The number of H-pyrrole nitrogens is 1. The van der Waals surface area contributed by atoms with E-state index in [2.05, 4.69) is 15.3 Å². The first-order valence-electron chi connectivity index (χ1n) is 9.33. The SMILES string of the molecule is O=C(CCN1C(=O)c2ccccc2C1=O)Nc1nc(-c2ccc3[nH]c(=O)oc3c2)cs1. The van der Waals surface area contributed by atoms with Crippen LogP contribution in [-0.4, -0.2) is 39.1 Å². The van der Waals surface area contributed by atoms with Gasteiger partial charge in [-0.05, 0) is 24.3 Å². The molecule has 0 unspecified atom stereocenters. The number of carbonyl (C=O) groups is 3. The van der Waals surface area contributed by atoms with E-state index in [1.807, 2.05) is 0 Å². The fraction of sp³-hybridized carbons (Fsp3) is 0.0952. The third-order valence-corrected chi connectivity index (χ3v) is 5.67. The Morgan fingerprint density at radius 1 is 1.10 bits per heavy atom. The largest absolute Gasteiger partial charge is 0.417 e. The number of fused-ring (bicyclic) bond motifs is 2. The average Bonchev–Trinajstić information content (AvgIpc) is 3.43. The molecule has 0 aliphatic carbocycles. The van der Waals surface area contributed by atoms with E-state index in [4.69, 9.17) is 4.42 Å². The van der Waals surface area contributed by atoms with Gasteiger partial charge in [0.1, 0.15) is 0 Å². The van der Waals surface area contributed by atoms with E-state index < -0.39 is 17.6 Å². The third kappa shape index (κ3) is 3.42. The Morgan fingerprint density at radius 3 is 2.58 bits per heavy atom. The maximum absolute atomic E-state index is 12.4. The molecule has 3 heterocycles. The van der Waals surface area contributed by atoms with Gasteiger partial charge in [-0.15, -0.1) is 11.3 Å². The summed E-state index contributed by atoms with van der Waals surface area (Å²) >= 11 is 1.24. The molecule has 0 spiro atoms. The average molecular weight is 434 g/mol. The van der Waals surface area contributed by atoms with Crippen LogP contribution >= 0.6 is 11.3 Å². The number of aromatic nitrogens is 2. The van der Waals surface area contributed by atoms with Crippen LogP contribution < -0.4 is 11.1 Å². The maximum Gasteiger partial charge on any atom is 0.417 e. The molecule has 0 bridgehead atoms. The summed E-state index contributed by atoms with van der Waals surface area (Å²) in [4.78, 5) is 56.4. The van der Waals surface area contributed by atoms with Crippen LogP contribution in [0.5, 0.6) is 0 Å². The summed E-state index contributed by atoms with van der Waals surface area (Å²) in [7, 11) is 0. The molecule has 3 amide bonds. The zero-order valence-electron chi connectivity index (χ0n) is 15.9. The normalized spacial score (nSPS) is 13.1. The van der Waals surface area contributed by atoms with Crippen LogP contribution in [0, 0.1) is 0 Å². The Balaban J connectivity index is 1.23. The van der Waals surface area contributed by atoms with E-state index in [0.29, 0.717) is 33.1 Å². The molecule has 154 valence electrons. The van der Waals surface area contributed by atoms with Crippen molar-refractivity contribution in [3.05, 3.63) is 69.5 Å². The second-order valence-corrected chi connectivity index (χ2v) is 7.73. The fourth-order valence-electron chi connectivity index (χ4n) is 3.41. The van der Waals surface area contributed by atoms with Gasteiger partial charge in [-0.25, -0.2) is 9.78 Å². The molecule has 5 rings (SSSR count). The van der Waals surface area contributed by atoms with Crippen LogP contribution in [0.1, 0.15) is 27.1 Å². The number of amides is 3. The minimum Gasteiger partial charge on any atom is -0.408 e. The number of hydrogen-bond donors (Lipinski definition) is 2. The number of oxazole rings is 1. The first kappa shape index (κ1) is 18.9. The number of hydrogen-bond acceptors (Lipinski definition) is 7. The fourth-order valence-corrected chi connectivity index (χ4v) is 4.14. The summed E-state index contributed by atoms with van der Waals surface area (Å²) < 4.78 is 5.06. The van der Waals surface area contributed by atoms with Gasteiger partial charge in [0, 0.05) is 23.9 Å². The maximum atomic E-state index is 12.4. The molecule has 2 N–H and O–H groups in total. The summed E-state index contributed by atoms with van der Waals surface area (Å²) in [5, 5.41) is 4.84. The van der Waals surface area contributed by atoms with E-state index >= 15 is 0 Å². The van der Waals surface area contributed by atoms with Gasteiger partial charge in [0.05, 0.1) is 22.3 Å². The molecule has 9 nitrogen and oxygen atoms in total. The highest BCUT2D eigenvalue weighted by Crippen LogP contribution is 2.27. The molecule has 0 atom stereocenters. The minimum atomic E-state index is -0.531. The third-order valence-electron chi connectivity index (χ3n) is 4.91. The van der Waals surface area contributed by atoms with Crippen LogP contribution in [0.25, 0.3) is 22.4 Å². The predicted octanol–water partition coefficient (Wildman–Crippen LogP) is 2.87. The molecule has 2 aromatic carbocycles. The molecular weight excluding hydrogens is 420 g/mol. The second-order valence-electron chi connectivity index (χ2n) is 6.87. The molecule has 1 aliphatic rings. The highest BCUT2D eigenvalue weighted by atomic mass is 32.1. The number of benzene rings is 2. The lowest BCUT2D eigenvalue weighted by atomic mass is 10.1. The van der Waals surface area contributed by atoms with E-state index in [1.165, 1.54) is 11.3 Å². The molecule has 2 aromatic heterocycles. The van der Waals surface area contributed by atoms with Gasteiger partial charge in [-0.2, -0.15) is 0 Å². The number of nitrogens with one attached hydrogen (secondary N) is 2. The molecule has 31 heavy (non-hydrogen) atoms. The quantitative estimate of drug-likeness (QED) is 0.465. The number of imide groups is 1. The van der Waals surface area contributed by atoms with Gasteiger partial charge < -0.3 is 9.73 Å². The number of carbonyl (C=O) groups excluding carboxylic acids is 3.